The number of rotatable bonds is 19. The number of ether oxygens (including phenoxy) is 2. The maximum Gasteiger partial charge on any atom is 0.245 e. The molecule has 0 spiro atoms. The molecule has 0 bridgehead atoms. The highest BCUT2D eigenvalue weighted by Gasteiger charge is 2.43. The Morgan fingerprint density at radius 3 is 2.12 bits per heavy atom. The van der Waals surface area contributed by atoms with E-state index in [-0.39, 0.29) is 42.0 Å². The van der Waals surface area contributed by atoms with Crippen molar-refractivity contribution < 1.29 is 33.8 Å². The first-order valence-electron chi connectivity index (χ1n) is 18.2. The minimum absolute atomic E-state index is 0.0224. The molecule has 1 aliphatic rings. The van der Waals surface area contributed by atoms with Crippen LogP contribution in [0.2, 0.25) is 0 Å². The van der Waals surface area contributed by atoms with Crippen molar-refractivity contribution in [2.24, 2.45) is 23.5 Å². The Bertz CT molecular complexity index is 1240. The molecule has 0 aliphatic carbocycles. The predicted octanol–water partition coefficient (Wildman–Crippen LogP) is 3.41. The normalized spacial score (nSPS) is 19.3. The Morgan fingerprint density at radius 1 is 1.02 bits per heavy atom. The van der Waals surface area contributed by atoms with Gasteiger partial charge in [-0.1, -0.05) is 77.8 Å². The number of carbonyl (C=O) groups is 4. The highest BCUT2D eigenvalue weighted by Crippen LogP contribution is 2.30. The number of nitrogens with two attached hydrogens (primary N) is 1. The van der Waals surface area contributed by atoms with Gasteiger partial charge >= 0.3 is 0 Å². The molecule has 50 heavy (non-hydrogen) atoms. The SMILES string of the molecule is CCC(CC)C(C(CC(=O)N1CCCC1C(OC)C(C)C(=O)NC(C)C(O)c1ccccc1)OC)N(C)C(=O)C(NC(=O)C(C)(C)N)C(C)C. The zero-order valence-corrected chi connectivity index (χ0v) is 32.3. The number of methoxy groups -OCH3 is 2. The van der Waals surface area contributed by atoms with Crippen molar-refractivity contribution in [2.45, 2.75) is 136 Å². The minimum Gasteiger partial charge on any atom is -0.386 e. The van der Waals surface area contributed by atoms with Crippen LogP contribution in [0.4, 0.5) is 0 Å². The molecule has 284 valence electrons. The number of aliphatic hydroxyl groups is 1. The Labute approximate surface area is 300 Å². The molecule has 2 rings (SSSR count). The van der Waals surface area contributed by atoms with Crippen LogP contribution in [0.15, 0.2) is 30.3 Å². The molecule has 12 heteroatoms. The second-order valence-corrected chi connectivity index (χ2v) is 14.8. The van der Waals surface area contributed by atoms with Crippen LogP contribution in [-0.2, 0) is 28.7 Å². The van der Waals surface area contributed by atoms with Gasteiger partial charge in [0.25, 0.3) is 0 Å². The summed E-state index contributed by atoms with van der Waals surface area (Å²) in [6.07, 6.45) is 0.876. The molecule has 1 aromatic carbocycles. The van der Waals surface area contributed by atoms with Crippen molar-refractivity contribution in [3.8, 4) is 0 Å². The zero-order valence-electron chi connectivity index (χ0n) is 32.3. The van der Waals surface area contributed by atoms with Crippen LogP contribution in [0.3, 0.4) is 0 Å². The number of hydrogen-bond donors (Lipinski definition) is 4. The van der Waals surface area contributed by atoms with Gasteiger partial charge in [0, 0.05) is 27.8 Å². The number of likely N-dealkylation sites (tertiary alicyclic amines) is 1. The van der Waals surface area contributed by atoms with E-state index in [1.54, 1.807) is 58.8 Å². The standard InChI is InChI=1S/C38H65N5O7/c1-12-26(13-2)32(42(9)36(47)31(23(3)4)41-37(48)38(7,8)39)29(49-10)22-30(44)43-21-17-20-28(43)34(50-11)24(5)35(46)40-25(6)33(45)27-18-15-14-16-19-27/h14-16,18-19,23-26,28-29,31-34,45H,12-13,17,20-22,39H2,1-11H3,(H,40,46)(H,41,48). The van der Waals surface area contributed by atoms with E-state index in [2.05, 4.69) is 24.5 Å². The molecule has 8 atom stereocenters. The molecule has 8 unspecified atom stereocenters. The number of hydrogen-bond acceptors (Lipinski definition) is 8. The van der Waals surface area contributed by atoms with Crippen molar-refractivity contribution >= 4 is 23.6 Å². The van der Waals surface area contributed by atoms with E-state index < -0.39 is 53.8 Å². The van der Waals surface area contributed by atoms with Gasteiger partial charge in [0.1, 0.15) is 6.04 Å². The lowest BCUT2D eigenvalue weighted by molar-refractivity contribution is -0.148. The molecule has 4 amide bonds. The monoisotopic (exact) mass is 703 g/mol. The average Bonchev–Trinajstić information content (AvgIpc) is 3.57. The molecule has 1 saturated heterocycles. The van der Waals surface area contributed by atoms with Crippen LogP contribution < -0.4 is 16.4 Å². The van der Waals surface area contributed by atoms with Crippen molar-refractivity contribution in [3.05, 3.63) is 35.9 Å². The topological polar surface area (TPSA) is 164 Å². The molecule has 0 saturated carbocycles. The fraction of sp³-hybridized carbons (Fsp3) is 0.737. The second kappa shape index (κ2) is 19.5. The highest BCUT2D eigenvalue weighted by molar-refractivity contribution is 5.91. The van der Waals surface area contributed by atoms with Crippen molar-refractivity contribution in [3.63, 3.8) is 0 Å². The van der Waals surface area contributed by atoms with Gasteiger partial charge in [-0.05, 0) is 51.0 Å². The molecule has 5 N–H and O–H groups in total. The van der Waals surface area contributed by atoms with Gasteiger partial charge in [-0.15, -0.1) is 0 Å². The van der Waals surface area contributed by atoms with Crippen molar-refractivity contribution in [1.82, 2.24) is 20.4 Å². The van der Waals surface area contributed by atoms with Crippen LogP contribution in [-0.4, -0.2) is 108 Å². The van der Waals surface area contributed by atoms with E-state index in [4.69, 9.17) is 15.2 Å². The third-order valence-corrected chi connectivity index (χ3v) is 10.4. The van der Waals surface area contributed by atoms with Gasteiger partial charge in [0.05, 0.1) is 54.3 Å². The third kappa shape index (κ3) is 11.0. The van der Waals surface area contributed by atoms with Crippen LogP contribution in [0, 0.1) is 17.8 Å². The van der Waals surface area contributed by atoms with E-state index in [0.717, 1.165) is 19.3 Å². The lowest BCUT2D eigenvalue weighted by atomic mass is 9.86. The summed E-state index contributed by atoms with van der Waals surface area (Å²) in [4.78, 5) is 57.9. The molecule has 1 aliphatic heterocycles. The molecule has 1 heterocycles. The maximum absolute atomic E-state index is 14.1. The largest absolute Gasteiger partial charge is 0.386 e. The highest BCUT2D eigenvalue weighted by atomic mass is 16.5. The maximum atomic E-state index is 14.1. The molecule has 12 nitrogen and oxygen atoms in total. The number of amides is 4. The Balaban J connectivity index is 2.27. The van der Waals surface area contributed by atoms with E-state index in [9.17, 15) is 24.3 Å². The number of carbonyl (C=O) groups excluding carboxylic acids is 4. The van der Waals surface area contributed by atoms with Crippen LogP contribution in [0.5, 0.6) is 0 Å². The summed E-state index contributed by atoms with van der Waals surface area (Å²) in [5.74, 6) is -1.90. The average molecular weight is 704 g/mol. The predicted molar refractivity (Wildman–Crippen MR) is 195 cm³/mol. The van der Waals surface area contributed by atoms with Gasteiger partial charge in [0.2, 0.25) is 23.6 Å². The lowest BCUT2D eigenvalue weighted by Crippen LogP contribution is -2.60. The van der Waals surface area contributed by atoms with Crippen molar-refractivity contribution in [1.29, 1.82) is 0 Å². The summed E-state index contributed by atoms with van der Waals surface area (Å²) in [5.41, 5.74) is 5.58. The number of benzene rings is 1. The molecule has 1 aromatic rings. The number of likely N-dealkylation sites (N-methyl/N-ethyl adjacent to an activating group) is 1. The molecular weight excluding hydrogens is 638 g/mol. The first-order valence-corrected chi connectivity index (χ1v) is 18.2. The zero-order chi connectivity index (χ0) is 37.9. The fourth-order valence-corrected chi connectivity index (χ4v) is 7.14. The quantitative estimate of drug-likeness (QED) is 0.170. The minimum atomic E-state index is -1.16. The Hall–Kier alpha value is -3.06. The summed E-state index contributed by atoms with van der Waals surface area (Å²) in [5, 5.41) is 16.6. The molecule has 0 radical (unpaired) electrons. The number of nitrogens with zero attached hydrogens (tertiary/aromatic N) is 2. The van der Waals surface area contributed by atoms with Crippen LogP contribution >= 0.6 is 0 Å². The first-order chi connectivity index (χ1) is 23.4. The van der Waals surface area contributed by atoms with Crippen LogP contribution in [0.25, 0.3) is 0 Å². The van der Waals surface area contributed by atoms with Gasteiger partial charge in [-0.25, -0.2) is 0 Å². The van der Waals surface area contributed by atoms with E-state index >= 15 is 0 Å². The fourth-order valence-electron chi connectivity index (χ4n) is 7.14. The van der Waals surface area contributed by atoms with E-state index in [0.29, 0.717) is 18.5 Å². The van der Waals surface area contributed by atoms with Crippen molar-refractivity contribution in [2.75, 3.05) is 27.8 Å². The third-order valence-electron chi connectivity index (χ3n) is 10.4. The van der Waals surface area contributed by atoms with Gasteiger partial charge in [-0.2, -0.15) is 0 Å². The Morgan fingerprint density at radius 2 is 1.62 bits per heavy atom. The van der Waals surface area contributed by atoms with E-state index in [1.165, 1.54) is 0 Å². The molecular formula is C38H65N5O7. The first kappa shape index (κ1) is 43.1. The summed E-state index contributed by atoms with van der Waals surface area (Å²) in [6, 6.07) is 7.03. The van der Waals surface area contributed by atoms with Crippen LogP contribution in [0.1, 0.15) is 99.2 Å². The lowest BCUT2D eigenvalue weighted by Gasteiger charge is -2.41. The summed E-state index contributed by atoms with van der Waals surface area (Å²) in [6.45, 7) is 15.1. The molecule has 1 fully saturated rings. The summed E-state index contributed by atoms with van der Waals surface area (Å²) < 4.78 is 11.9. The van der Waals surface area contributed by atoms with Gasteiger partial charge in [0.15, 0.2) is 0 Å². The summed E-state index contributed by atoms with van der Waals surface area (Å²) in [7, 11) is 4.82. The van der Waals surface area contributed by atoms with Gasteiger partial charge < -0.3 is 40.7 Å². The Kier molecular flexibility index (Phi) is 16.8. The van der Waals surface area contributed by atoms with Gasteiger partial charge in [-0.3, -0.25) is 19.2 Å². The second-order valence-electron chi connectivity index (χ2n) is 14.8. The summed E-state index contributed by atoms with van der Waals surface area (Å²) >= 11 is 0. The number of aliphatic hydroxyl groups excluding tert-OH is 1. The van der Waals surface area contributed by atoms with E-state index in [1.807, 2.05) is 44.2 Å². The number of nitrogens with one attached hydrogen (secondary N) is 2. The smallest absolute Gasteiger partial charge is 0.245 e. The molecule has 0 aromatic heterocycles.